The lowest BCUT2D eigenvalue weighted by molar-refractivity contribution is -0.379. The minimum atomic E-state index is -1.98. The number of nitrogens with one attached hydrogen (secondary N) is 1. The second-order valence-electron chi connectivity index (χ2n) is 23.6. The van der Waals surface area contributed by atoms with Crippen molar-refractivity contribution in [2.24, 2.45) is 0 Å². The zero-order chi connectivity index (χ0) is 60.5. The maximum absolute atomic E-state index is 13.3. The molecular weight excluding hydrogens is 1070 g/mol. The largest absolute Gasteiger partial charge is 0.394 e. The highest BCUT2D eigenvalue weighted by Gasteiger charge is 2.53. The molecule has 0 bridgehead atoms. The number of carbonyl (C=O) groups is 1. The molecule has 3 rings (SSSR count). The summed E-state index contributed by atoms with van der Waals surface area (Å²) in [6, 6.07) is -0.993. The summed E-state index contributed by atoms with van der Waals surface area (Å²) < 4.78 is 34.3. The maximum atomic E-state index is 13.3. The molecule has 0 aromatic rings. The molecule has 3 saturated heterocycles. The molecule has 19 heteroatoms. The zero-order valence-electron chi connectivity index (χ0n) is 50.9. The van der Waals surface area contributed by atoms with Crippen LogP contribution in [0, 0.1) is 0 Å². The SMILES string of the molecule is CCCCCCCC/C=C\CCCCCCCC(=O)NC(COC1OC(CO)C(OC2OC(CO)C(OC3OC(CO)C(O)C(O)C3O)C(O)C2O)C(O)C1O)C(O)/C=C/CC/C=C/CCCCCCCCCCCCCCCCCCC. The Balaban J connectivity index is 1.48. The van der Waals surface area contributed by atoms with Crippen molar-refractivity contribution in [1.29, 1.82) is 0 Å². The third kappa shape index (κ3) is 30.2. The molecule has 0 aromatic carbocycles. The maximum Gasteiger partial charge on any atom is 0.220 e. The van der Waals surface area contributed by atoms with E-state index in [1.165, 1.54) is 141 Å². The number of hydrogen-bond donors (Lipinski definition) is 12. The summed E-state index contributed by atoms with van der Waals surface area (Å²) in [6.45, 7) is 1.71. The Morgan fingerprint density at radius 1 is 0.422 bits per heavy atom. The molecule has 3 fully saturated rings. The molecule has 19 nitrogen and oxygen atoms in total. The monoisotopic (exact) mass is 1190 g/mol. The average Bonchev–Trinajstić information content (AvgIpc) is 3.15. The van der Waals surface area contributed by atoms with E-state index in [2.05, 4.69) is 43.5 Å². The summed E-state index contributed by atoms with van der Waals surface area (Å²) >= 11 is 0. The van der Waals surface area contributed by atoms with Crippen molar-refractivity contribution in [2.75, 3.05) is 26.4 Å². The van der Waals surface area contributed by atoms with Crippen LogP contribution in [-0.4, -0.2) is 193 Å². The van der Waals surface area contributed by atoms with Crippen LogP contribution < -0.4 is 5.32 Å². The van der Waals surface area contributed by atoms with Gasteiger partial charge in [-0.25, -0.2) is 0 Å². The number of aliphatic hydroxyl groups is 11. The van der Waals surface area contributed by atoms with Crippen LogP contribution >= 0.6 is 0 Å². The van der Waals surface area contributed by atoms with Crippen molar-refractivity contribution in [2.45, 2.75) is 336 Å². The minimum Gasteiger partial charge on any atom is -0.394 e. The molecule has 0 spiro atoms. The highest BCUT2D eigenvalue weighted by atomic mass is 16.8. The topological polar surface area (TPSA) is 307 Å². The average molecular weight is 1190 g/mol. The third-order valence-corrected chi connectivity index (χ3v) is 16.4. The Morgan fingerprint density at radius 2 is 0.771 bits per heavy atom. The first-order chi connectivity index (χ1) is 40.3. The Labute approximate surface area is 498 Å². The van der Waals surface area contributed by atoms with Crippen molar-refractivity contribution in [1.82, 2.24) is 5.32 Å². The fraction of sp³-hybridized carbons (Fsp3) is 0.891. The van der Waals surface area contributed by atoms with E-state index in [4.69, 9.17) is 28.4 Å². The summed E-state index contributed by atoms with van der Waals surface area (Å²) in [6.07, 6.45) is 25.6. The van der Waals surface area contributed by atoms with E-state index in [1.807, 2.05) is 6.08 Å². The van der Waals surface area contributed by atoms with E-state index < -0.39 is 124 Å². The van der Waals surface area contributed by atoms with E-state index >= 15 is 0 Å². The fourth-order valence-electron chi connectivity index (χ4n) is 11.0. The van der Waals surface area contributed by atoms with Crippen LogP contribution in [0.2, 0.25) is 0 Å². The van der Waals surface area contributed by atoms with Crippen LogP contribution in [0.25, 0.3) is 0 Å². The highest BCUT2D eigenvalue weighted by molar-refractivity contribution is 5.76. The number of aliphatic hydroxyl groups excluding tert-OH is 11. The zero-order valence-corrected chi connectivity index (χ0v) is 50.9. The summed E-state index contributed by atoms with van der Waals surface area (Å²) in [5.41, 5.74) is 0. The van der Waals surface area contributed by atoms with Crippen molar-refractivity contribution < 1.29 is 89.4 Å². The van der Waals surface area contributed by atoms with Gasteiger partial charge in [-0.15, -0.1) is 0 Å². The summed E-state index contributed by atoms with van der Waals surface area (Å²) in [5.74, 6) is -0.293. The van der Waals surface area contributed by atoms with E-state index in [-0.39, 0.29) is 18.9 Å². The first-order valence-corrected chi connectivity index (χ1v) is 32.7. The standard InChI is InChI=1S/C64H117NO18/c1-3-5-7-9-11-13-15-17-19-20-21-22-23-24-25-26-28-29-31-33-35-37-39-41-48(69)47(65-52(70)42-40-38-36-34-32-30-27-18-16-14-12-10-8-6-4-2)46-78-62-58(76)55(73)60(50(44-67)80-62)83-64-59(77)56(74)61(51(45-68)81-64)82-63-57(75)54(72)53(71)49(43-66)79-63/h18,27,31,33,39,41,47-51,53-64,66-69,71-77H,3-17,19-26,28-30,32,34-38,40,42-46H2,1-2H3,(H,65,70)/b27-18-,33-31+,41-39+. The number of unbranched alkanes of at least 4 members (excludes halogenated alkanes) is 29. The van der Waals surface area contributed by atoms with Gasteiger partial charge >= 0.3 is 0 Å². The molecule has 1 amide bonds. The molecule has 17 unspecified atom stereocenters. The van der Waals surface area contributed by atoms with Crippen molar-refractivity contribution in [3.63, 3.8) is 0 Å². The van der Waals surface area contributed by atoms with E-state index in [9.17, 15) is 61.0 Å². The van der Waals surface area contributed by atoms with E-state index in [1.54, 1.807) is 6.08 Å². The van der Waals surface area contributed by atoms with Crippen LogP contribution in [-0.2, 0) is 33.2 Å². The van der Waals surface area contributed by atoms with Gasteiger partial charge in [0.2, 0.25) is 5.91 Å². The first kappa shape index (κ1) is 75.3. The van der Waals surface area contributed by atoms with Gasteiger partial charge in [-0.2, -0.15) is 0 Å². The number of rotatable bonds is 49. The normalized spacial score (nSPS) is 29.6. The van der Waals surface area contributed by atoms with Crippen molar-refractivity contribution in [3.8, 4) is 0 Å². The predicted molar refractivity (Wildman–Crippen MR) is 319 cm³/mol. The van der Waals surface area contributed by atoms with Gasteiger partial charge in [0, 0.05) is 6.42 Å². The van der Waals surface area contributed by atoms with Crippen LogP contribution in [0.15, 0.2) is 36.5 Å². The molecule has 17 atom stereocenters. The molecule has 0 radical (unpaired) electrons. The van der Waals surface area contributed by atoms with E-state index in [0.717, 1.165) is 57.8 Å². The number of ether oxygens (including phenoxy) is 6. The molecule has 0 saturated carbocycles. The van der Waals surface area contributed by atoms with Crippen molar-refractivity contribution in [3.05, 3.63) is 36.5 Å². The number of hydrogen-bond acceptors (Lipinski definition) is 18. The molecule has 3 aliphatic rings. The minimum absolute atomic E-state index is 0.226. The van der Waals surface area contributed by atoms with Crippen LogP contribution in [0.1, 0.15) is 232 Å². The van der Waals surface area contributed by atoms with Gasteiger partial charge in [-0.05, 0) is 57.8 Å². The molecular formula is C64H117NO18. The highest BCUT2D eigenvalue weighted by Crippen LogP contribution is 2.33. The molecule has 486 valence electrons. The third-order valence-electron chi connectivity index (χ3n) is 16.4. The van der Waals surface area contributed by atoms with Crippen LogP contribution in [0.3, 0.4) is 0 Å². The van der Waals surface area contributed by atoms with Gasteiger partial charge in [-0.3, -0.25) is 4.79 Å². The van der Waals surface area contributed by atoms with E-state index in [0.29, 0.717) is 12.8 Å². The fourth-order valence-corrected chi connectivity index (χ4v) is 11.0. The lowest BCUT2D eigenvalue weighted by atomic mass is 9.96. The van der Waals surface area contributed by atoms with Gasteiger partial charge in [0.15, 0.2) is 18.9 Å². The molecule has 0 aromatic heterocycles. The molecule has 12 N–H and O–H groups in total. The molecule has 83 heavy (non-hydrogen) atoms. The molecule has 3 heterocycles. The van der Waals surface area contributed by atoms with Crippen LogP contribution in [0.5, 0.6) is 0 Å². The van der Waals surface area contributed by atoms with Gasteiger partial charge in [0.25, 0.3) is 0 Å². The Bertz CT molecular complexity index is 1660. The molecule has 0 aliphatic carbocycles. The Morgan fingerprint density at radius 3 is 1.20 bits per heavy atom. The molecule has 3 aliphatic heterocycles. The predicted octanol–water partition coefficient (Wildman–Crippen LogP) is 7.27. The van der Waals surface area contributed by atoms with Gasteiger partial charge in [-0.1, -0.05) is 204 Å². The van der Waals surface area contributed by atoms with Gasteiger partial charge in [0.05, 0.1) is 38.6 Å². The second kappa shape index (κ2) is 47.1. The number of allylic oxidation sites excluding steroid dienone is 5. The van der Waals surface area contributed by atoms with Crippen molar-refractivity contribution >= 4 is 5.91 Å². The smallest absolute Gasteiger partial charge is 0.220 e. The van der Waals surface area contributed by atoms with Gasteiger partial charge in [0.1, 0.15) is 73.2 Å². The number of carbonyl (C=O) groups excluding carboxylic acids is 1. The summed E-state index contributed by atoms with van der Waals surface area (Å²) in [4.78, 5) is 13.3. The number of amides is 1. The summed E-state index contributed by atoms with van der Waals surface area (Å²) in [5, 5.41) is 120. The summed E-state index contributed by atoms with van der Waals surface area (Å²) in [7, 11) is 0. The Kier molecular flexibility index (Phi) is 42.7. The van der Waals surface area contributed by atoms with Gasteiger partial charge < -0.3 is 89.9 Å². The first-order valence-electron chi connectivity index (χ1n) is 32.7. The lowest BCUT2D eigenvalue weighted by Crippen LogP contribution is -2.66. The second-order valence-corrected chi connectivity index (χ2v) is 23.6. The Hall–Kier alpha value is -1.99. The van der Waals surface area contributed by atoms with Crippen LogP contribution in [0.4, 0.5) is 0 Å². The quantitative estimate of drug-likeness (QED) is 0.0211. The lowest BCUT2D eigenvalue weighted by Gasteiger charge is -2.48.